The lowest BCUT2D eigenvalue weighted by Crippen LogP contribution is -2.32. The van der Waals surface area contributed by atoms with Crippen LogP contribution in [-0.4, -0.2) is 51.7 Å². The molecule has 6 nitrogen and oxygen atoms in total. The average Bonchev–Trinajstić information content (AvgIpc) is 3.26. The molecule has 1 aromatic heterocycles. The summed E-state index contributed by atoms with van der Waals surface area (Å²) in [6.45, 7) is 3.21. The van der Waals surface area contributed by atoms with Crippen LogP contribution in [0, 0.1) is 5.92 Å². The van der Waals surface area contributed by atoms with E-state index in [0.717, 1.165) is 17.6 Å². The van der Waals surface area contributed by atoms with E-state index < -0.39 is 6.10 Å². The van der Waals surface area contributed by atoms with Crippen molar-refractivity contribution in [3.8, 4) is 0 Å². The number of rotatable bonds is 7. The minimum absolute atomic E-state index is 0.0835. The van der Waals surface area contributed by atoms with Crippen LogP contribution in [0.15, 0.2) is 24.3 Å². The Morgan fingerprint density at radius 3 is 2.91 bits per heavy atom. The molecule has 23 heavy (non-hydrogen) atoms. The zero-order valence-corrected chi connectivity index (χ0v) is 13.7. The van der Waals surface area contributed by atoms with Crippen molar-refractivity contribution in [3.05, 3.63) is 24.3 Å². The maximum Gasteiger partial charge on any atom is 0.242 e. The largest absolute Gasteiger partial charge is 0.392 e. The number of carbonyl (C=O) groups is 1. The molecule has 1 amide bonds. The third-order valence-electron chi connectivity index (χ3n) is 4.16. The smallest absolute Gasteiger partial charge is 0.242 e. The molecule has 1 aliphatic carbocycles. The number of imidazole rings is 1. The molecule has 2 N–H and O–H groups in total. The molecule has 0 radical (unpaired) electrons. The number of para-hydroxylation sites is 2. The Morgan fingerprint density at radius 2 is 2.22 bits per heavy atom. The van der Waals surface area contributed by atoms with Gasteiger partial charge in [-0.25, -0.2) is 4.98 Å². The van der Waals surface area contributed by atoms with Crippen LogP contribution in [0.5, 0.6) is 0 Å². The Balaban J connectivity index is 1.81. The Labute approximate surface area is 136 Å². The second-order valence-corrected chi connectivity index (χ2v) is 6.46. The van der Waals surface area contributed by atoms with Crippen molar-refractivity contribution >= 4 is 22.9 Å². The maximum atomic E-state index is 12.5. The molecule has 1 unspecified atom stereocenters. The number of hydrogen-bond donors (Lipinski definition) is 2. The highest BCUT2D eigenvalue weighted by atomic mass is 16.3. The molecule has 3 rings (SSSR count). The number of nitrogens with one attached hydrogen (secondary N) is 1. The molecule has 1 aromatic carbocycles. The molecule has 1 fully saturated rings. The number of aliphatic hydroxyl groups is 1. The monoisotopic (exact) mass is 316 g/mol. The zero-order chi connectivity index (χ0) is 16.4. The summed E-state index contributed by atoms with van der Waals surface area (Å²) >= 11 is 0. The molecule has 124 valence electrons. The average molecular weight is 316 g/mol. The van der Waals surface area contributed by atoms with Crippen LogP contribution in [0.25, 0.3) is 11.0 Å². The van der Waals surface area contributed by atoms with Crippen LogP contribution in [0.1, 0.15) is 19.8 Å². The first-order chi connectivity index (χ1) is 11.0. The number of benzene rings is 1. The second-order valence-electron chi connectivity index (χ2n) is 6.46. The summed E-state index contributed by atoms with van der Waals surface area (Å²) in [5.41, 5.74) is 1.77. The first-order valence-corrected chi connectivity index (χ1v) is 8.15. The number of fused-ring (bicyclic) bond motifs is 1. The van der Waals surface area contributed by atoms with Crippen molar-refractivity contribution in [2.75, 3.05) is 25.5 Å². The summed E-state index contributed by atoms with van der Waals surface area (Å²) in [5.74, 6) is 1.39. The number of aliphatic hydroxyl groups excluding tert-OH is 1. The van der Waals surface area contributed by atoms with Gasteiger partial charge in [0, 0.05) is 20.1 Å². The van der Waals surface area contributed by atoms with Crippen molar-refractivity contribution in [1.82, 2.24) is 14.5 Å². The van der Waals surface area contributed by atoms with Crippen LogP contribution in [0.3, 0.4) is 0 Å². The fourth-order valence-corrected chi connectivity index (χ4v) is 2.66. The van der Waals surface area contributed by atoms with Gasteiger partial charge in [0.15, 0.2) is 0 Å². The Kier molecular flexibility index (Phi) is 4.52. The Hall–Kier alpha value is -2.08. The van der Waals surface area contributed by atoms with Crippen LogP contribution < -0.4 is 5.32 Å². The summed E-state index contributed by atoms with van der Waals surface area (Å²) in [4.78, 5) is 18.9. The van der Waals surface area contributed by atoms with Gasteiger partial charge < -0.3 is 19.9 Å². The molecule has 1 aliphatic rings. The van der Waals surface area contributed by atoms with Crippen molar-refractivity contribution in [3.63, 3.8) is 0 Å². The highest BCUT2D eigenvalue weighted by Gasteiger charge is 2.25. The van der Waals surface area contributed by atoms with E-state index in [9.17, 15) is 9.90 Å². The second kappa shape index (κ2) is 6.58. The van der Waals surface area contributed by atoms with Crippen LogP contribution >= 0.6 is 0 Å². The van der Waals surface area contributed by atoms with Crippen LogP contribution in [0.2, 0.25) is 0 Å². The number of aromatic nitrogens is 2. The highest BCUT2D eigenvalue weighted by molar-refractivity contribution is 5.83. The topological polar surface area (TPSA) is 70.4 Å². The van der Waals surface area contributed by atoms with Crippen molar-refractivity contribution in [2.45, 2.75) is 32.4 Å². The number of amides is 1. The lowest BCUT2D eigenvalue weighted by Gasteiger charge is -2.18. The quantitative estimate of drug-likeness (QED) is 0.815. The van der Waals surface area contributed by atoms with E-state index in [1.165, 1.54) is 12.8 Å². The molecule has 1 atom stereocenters. The van der Waals surface area contributed by atoms with E-state index in [1.54, 1.807) is 6.92 Å². The van der Waals surface area contributed by atoms with Crippen molar-refractivity contribution in [2.24, 2.45) is 5.92 Å². The number of nitrogens with zero attached hydrogens (tertiary/aromatic N) is 3. The first kappa shape index (κ1) is 15.8. The Bertz CT molecular complexity index is 691. The number of likely N-dealkylation sites (N-methyl/N-ethyl adjacent to an activating group) is 1. The summed E-state index contributed by atoms with van der Waals surface area (Å²) in [7, 11) is 1.86. The minimum atomic E-state index is -0.475. The fraction of sp³-hybridized carbons (Fsp3) is 0.529. The van der Waals surface area contributed by atoms with E-state index in [0.29, 0.717) is 18.4 Å². The van der Waals surface area contributed by atoms with Gasteiger partial charge in [-0.3, -0.25) is 4.79 Å². The molecule has 0 spiro atoms. The van der Waals surface area contributed by atoms with Gasteiger partial charge >= 0.3 is 0 Å². The Morgan fingerprint density at radius 1 is 1.48 bits per heavy atom. The van der Waals surface area contributed by atoms with Crippen LogP contribution in [-0.2, 0) is 11.3 Å². The molecular weight excluding hydrogens is 292 g/mol. The molecule has 0 aliphatic heterocycles. The molecule has 0 bridgehead atoms. The van der Waals surface area contributed by atoms with Gasteiger partial charge in [0.1, 0.15) is 6.54 Å². The SMILES string of the molecule is CC(O)CNc1nc2ccccc2n1CC(=O)N(C)CC1CC1. The van der Waals surface area contributed by atoms with Gasteiger partial charge in [-0.05, 0) is 37.8 Å². The molecule has 6 heteroatoms. The first-order valence-electron chi connectivity index (χ1n) is 8.15. The third kappa shape index (κ3) is 3.82. The van der Waals surface area contributed by atoms with Crippen molar-refractivity contribution < 1.29 is 9.90 Å². The van der Waals surface area contributed by atoms with E-state index in [4.69, 9.17) is 0 Å². The van der Waals surface area contributed by atoms with E-state index in [-0.39, 0.29) is 12.5 Å². The number of anilines is 1. The summed E-state index contributed by atoms with van der Waals surface area (Å²) in [6.07, 6.45) is 1.98. The summed E-state index contributed by atoms with van der Waals surface area (Å²) in [5, 5.41) is 12.6. The van der Waals surface area contributed by atoms with E-state index in [2.05, 4.69) is 10.3 Å². The molecule has 2 aromatic rings. The molecule has 1 heterocycles. The zero-order valence-electron chi connectivity index (χ0n) is 13.7. The predicted molar refractivity (Wildman–Crippen MR) is 90.3 cm³/mol. The number of carbonyl (C=O) groups excluding carboxylic acids is 1. The van der Waals surface area contributed by atoms with Gasteiger partial charge in [-0.15, -0.1) is 0 Å². The van der Waals surface area contributed by atoms with E-state index in [1.807, 2.05) is 40.8 Å². The van der Waals surface area contributed by atoms with Gasteiger partial charge in [0.25, 0.3) is 0 Å². The van der Waals surface area contributed by atoms with Gasteiger partial charge in [0.2, 0.25) is 11.9 Å². The standard InChI is InChI=1S/C17H24N4O2/c1-12(22)9-18-17-19-14-5-3-4-6-15(14)21(17)11-16(23)20(2)10-13-7-8-13/h3-6,12-13,22H,7-11H2,1-2H3,(H,18,19). The van der Waals surface area contributed by atoms with Gasteiger partial charge in [0.05, 0.1) is 17.1 Å². The summed E-state index contributed by atoms with van der Waals surface area (Å²) < 4.78 is 1.89. The molecule has 0 saturated heterocycles. The lowest BCUT2D eigenvalue weighted by atomic mass is 10.3. The highest BCUT2D eigenvalue weighted by Crippen LogP contribution is 2.29. The van der Waals surface area contributed by atoms with Crippen molar-refractivity contribution in [1.29, 1.82) is 0 Å². The molecular formula is C17H24N4O2. The number of hydrogen-bond acceptors (Lipinski definition) is 4. The minimum Gasteiger partial charge on any atom is -0.392 e. The predicted octanol–water partition coefficient (Wildman–Crippen LogP) is 1.70. The van der Waals surface area contributed by atoms with Gasteiger partial charge in [-0.2, -0.15) is 0 Å². The molecule has 1 saturated carbocycles. The summed E-state index contributed by atoms with van der Waals surface area (Å²) in [6, 6.07) is 7.76. The third-order valence-corrected chi connectivity index (χ3v) is 4.16. The van der Waals surface area contributed by atoms with E-state index >= 15 is 0 Å². The lowest BCUT2D eigenvalue weighted by molar-refractivity contribution is -0.130. The van der Waals surface area contributed by atoms with Gasteiger partial charge in [-0.1, -0.05) is 12.1 Å². The maximum absolute atomic E-state index is 12.5. The fourth-order valence-electron chi connectivity index (χ4n) is 2.66. The van der Waals surface area contributed by atoms with Crippen LogP contribution in [0.4, 0.5) is 5.95 Å². The normalized spacial score (nSPS) is 15.6.